The average molecular weight is 249 g/mol. The van der Waals surface area contributed by atoms with Crippen molar-refractivity contribution in [3.63, 3.8) is 0 Å². The van der Waals surface area contributed by atoms with E-state index in [0.717, 1.165) is 0 Å². The lowest BCUT2D eigenvalue weighted by atomic mass is 10.3. The summed E-state index contributed by atoms with van der Waals surface area (Å²) in [6.45, 7) is 2.36. The summed E-state index contributed by atoms with van der Waals surface area (Å²) in [5, 5.41) is 0. The van der Waals surface area contributed by atoms with Gasteiger partial charge in [0.1, 0.15) is 5.75 Å². The molecule has 0 N–H and O–H groups in total. The molecule has 0 saturated carbocycles. The van der Waals surface area contributed by atoms with E-state index in [1.165, 1.54) is 6.07 Å². The van der Waals surface area contributed by atoms with E-state index in [0.29, 0.717) is 12.4 Å². The van der Waals surface area contributed by atoms with Crippen LogP contribution in [-0.2, 0) is 9.84 Å². The summed E-state index contributed by atoms with van der Waals surface area (Å²) in [5.74, 6) is 0.610. The van der Waals surface area contributed by atoms with Crippen molar-refractivity contribution < 1.29 is 13.2 Å². The molecule has 3 nitrogen and oxygen atoms in total. The van der Waals surface area contributed by atoms with E-state index >= 15 is 0 Å². The summed E-state index contributed by atoms with van der Waals surface area (Å²) in [7, 11) is -3.26. The number of rotatable bonds is 5. The van der Waals surface area contributed by atoms with Crippen molar-refractivity contribution in [3.05, 3.63) is 24.3 Å². The Kier molecular flexibility index (Phi) is 4.42. The smallest absolute Gasteiger partial charge is 0.179 e. The second-order valence-corrected chi connectivity index (χ2v) is 5.40. The van der Waals surface area contributed by atoms with Gasteiger partial charge < -0.3 is 4.74 Å². The Bertz CT molecular complexity index is 414. The largest absolute Gasteiger partial charge is 0.494 e. The van der Waals surface area contributed by atoms with Crippen molar-refractivity contribution in [2.75, 3.05) is 18.2 Å². The third-order valence-corrected chi connectivity index (χ3v) is 3.95. The first-order chi connectivity index (χ1) is 7.10. The van der Waals surface area contributed by atoms with E-state index < -0.39 is 9.84 Å². The van der Waals surface area contributed by atoms with Crippen molar-refractivity contribution >= 4 is 21.4 Å². The maximum absolute atomic E-state index is 11.6. The van der Waals surface area contributed by atoms with Crippen LogP contribution >= 0.6 is 11.6 Å². The third-order valence-electron chi connectivity index (χ3n) is 1.82. The van der Waals surface area contributed by atoms with Crippen molar-refractivity contribution in [2.45, 2.75) is 11.8 Å². The van der Waals surface area contributed by atoms with Gasteiger partial charge in [0.05, 0.1) is 17.3 Å². The van der Waals surface area contributed by atoms with Crippen LogP contribution < -0.4 is 4.74 Å². The Labute approximate surface area is 94.9 Å². The predicted octanol–water partition coefficient (Wildman–Crippen LogP) is 2.10. The van der Waals surface area contributed by atoms with Gasteiger partial charge in [-0.2, -0.15) is 0 Å². The molecule has 0 radical (unpaired) electrons. The van der Waals surface area contributed by atoms with Crippen LogP contribution in [0, 0.1) is 0 Å². The first kappa shape index (κ1) is 12.3. The van der Waals surface area contributed by atoms with Crippen LogP contribution in [0.25, 0.3) is 0 Å². The van der Waals surface area contributed by atoms with E-state index in [1.54, 1.807) is 18.2 Å². The standard InChI is InChI=1S/C10H13ClO3S/c1-2-14-9-4-3-5-10(8-9)15(12,13)7-6-11/h3-5,8H,2,6-7H2,1H3. The highest BCUT2D eigenvalue weighted by molar-refractivity contribution is 7.91. The molecule has 0 atom stereocenters. The molecule has 15 heavy (non-hydrogen) atoms. The number of alkyl halides is 1. The van der Waals surface area contributed by atoms with Gasteiger partial charge in [0.25, 0.3) is 0 Å². The van der Waals surface area contributed by atoms with Gasteiger partial charge in [-0.3, -0.25) is 0 Å². The zero-order valence-electron chi connectivity index (χ0n) is 8.44. The summed E-state index contributed by atoms with van der Waals surface area (Å²) < 4.78 is 28.5. The summed E-state index contributed by atoms with van der Waals surface area (Å²) in [6, 6.07) is 6.45. The molecule has 0 unspecified atom stereocenters. The number of halogens is 1. The van der Waals surface area contributed by atoms with E-state index in [-0.39, 0.29) is 16.5 Å². The van der Waals surface area contributed by atoms with Crippen LogP contribution in [0.2, 0.25) is 0 Å². The summed E-state index contributed by atoms with van der Waals surface area (Å²) in [6.07, 6.45) is 0. The Morgan fingerprint density at radius 2 is 2.13 bits per heavy atom. The second kappa shape index (κ2) is 5.37. The summed E-state index contributed by atoms with van der Waals surface area (Å²) in [4.78, 5) is 0.258. The van der Waals surface area contributed by atoms with Crippen molar-refractivity contribution in [2.24, 2.45) is 0 Å². The molecule has 0 aliphatic rings. The molecule has 0 aromatic heterocycles. The minimum absolute atomic E-state index is 0.0515. The number of benzene rings is 1. The lowest BCUT2D eigenvalue weighted by molar-refractivity contribution is 0.339. The molecule has 0 bridgehead atoms. The van der Waals surface area contributed by atoms with Crippen molar-refractivity contribution in [1.29, 1.82) is 0 Å². The molecule has 1 rings (SSSR count). The van der Waals surface area contributed by atoms with Gasteiger partial charge in [-0.1, -0.05) is 6.07 Å². The van der Waals surface area contributed by atoms with E-state index in [2.05, 4.69) is 0 Å². The normalized spacial score (nSPS) is 11.3. The summed E-state index contributed by atoms with van der Waals surface area (Å²) in [5.41, 5.74) is 0. The van der Waals surface area contributed by atoms with Crippen LogP contribution in [0.5, 0.6) is 5.75 Å². The monoisotopic (exact) mass is 248 g/mol. The molecular formula is C10H13ClO3S. The average Bonchev–Trinajstić information content (AvgIpc) is 2.19. The van der Waals surface area contributed by atoms with E-state index in [9.17, 15) is 8.42 Å². The number of sulfone groups is 1. The molecule has 0 amide bonds. The molecule has 5 heteroatoms. The SMILES string of the molecule is CCOc1cccc(S(=O)(=O)CCCl)c1. The predicted molar refractivity (Wildman–Crippen MR) is 60.4 cm³/mol. The Balaban J connectivity index is 2.99. The van der Waals surface area contributed by atoms with Crippen molar-refractivity contribution in [1.82, 2.24) is 0 Å². The van der Waals surface area contributed by atoms with Crippen LogP contribution in [0.3, 0.4) is 0 Å². The van der Waals surface area contributed by atoms with Gasteiger partial charge in [0.15, 0.2) is 9.84 Å². The molecule has 0 heterocycles. The molecule has 0 fully saturated rings. The second-order valence-electron chi connectivity index (χ2n) is 2.92. The zero-order valence-corrected chi connectivity index (χ0v) is 10.0. The number of ether oxygens (including phenoxy) is 1. The molecule has 1 aromatic rings. The van der Waals surface area contributed by atoms with Gasteiger partial charge >= 0.3 is 0 Å². The topological polar surface area (TPSA) is 43.4 Å². The van der Waals surface area contributed by atoms with Crippen LogP contribution in [0.1, 0.15) is 6.92 Å². The lowest BCUT2D eigenvalue weighted by Crippen LogP contribution is -2.08. The maximum Gasteiger partial charge on any atom is 0.179 e. The molecule has 0 aliphatic heterocycles. The van der Waals surface area contributed by atoms with Gasteiger partial charge in [0.2, 0.25) is 0 Å². The highest BCUT2D eigenvalue weighted by atomic mass is 35.5. The highest BCUT2D eigenvalue weighted by Gasteiger charge is 2.13. The molecule has 1 aromatic carbocycles. The minimum atomic E-state index is -3.26. The molecular weight excluding hydrogens is 236 g/mol. The zero-order chi connectivity index (χ0) is 11.3. The van der Waals surface area contributed by atoms with Gasteiger partial charge in [-0.15, -0.1) is 11.6 Å². The number of hydrogen-bond acceptors (Lipinski definition) is 3. The Morgan fingerprint density at radius 1 is 1.40 bits per heavy atom. The fourth-order valence-electron chi connectivity index (χ4n) is 1.14. The molecule has 0 aliphatic carbocycles. The highest BCUT2D eigenvalue weighted by Crippen LogP contribution is 2.18. The van der Waals surface area contributed by atoms with Crippen LogP contribution in [0.15, 0.2) is 29.2 Å². The van der Waals surface area contributed by atoms with E-state index in [1.807, 2.05) is 6.92 Å². The van der Waals surface area contributed by atoms with Crippen LogP contribution in [0.4, 0.5) is 0 Å². The maximum atomic E-state index is 11.6. The molecule has 84 valence electrons. The van der Waals surface area contributed by atoms with Crippen LogP contribution in [-0.4, -0.2) is 26.7 Å². The fraction of sp³-hybridized carbons (Fsp3) is 0.400. The first-order valence-corrected chi connectivity index (χ1v) is 6.80. The fourth-order valence-corrected chi connectivity index (χ4v) is 2.77. The minimum Gasteiger partial charge on any atom is -0.494 e. The van der Waals surface area contributed by atoms with Gasteiger partial charge in [-0.25, -0.2) is 8.42 Å². The van der Waals surface area contributed by atoms with Crippen molar-refractivity contribution in [3.8, 4) is 5.75 Å². The van der Waals surface area contributed by atoms with Gasteiger partial charge in [-0.05, 0) is 25.1 Å². The quantitative estimate of drug-likeness (QED) is 0.750. The van der Waals surface area contributed by atoms with E-state index in [4.69, 9.17) is 16.3 Å². The molecule has 0 spiro atoms. The Hall–Kier alpha value is -0.740. The number of hydrogen-bond donors (Lipinski definition) is 0. The third kappa shape index (κ3) is 3.39. The first-order valence-electron chi connectivity index (χ1n) is 4.61. The summed E-state index contributed by atoms with van der Waals surface area (Å²) >= 11 is 5.43. The van der Waals surface area contributed by atoms with Gasteiger partial charge in [0, 0.05) is 5.88 Å². The Morgan fingerprint density at radius 3 is 2.73 bits per heavy atom. The molecule has 0 saturated heterocycles. The lowest BCUT2D eigenvalue weighted by Gasteiger charge is -2.06.